The molecule has 0 spiro atoms. The van der Waals surface area contributed by atoms with Crippen LogP contribution in [0.4, 0.5) is 0 Å². The minimum atomic E-state index is -1.81. The topological polar surface area (TPSA) is 75.6 Å². The van der Waals surface area contributed by atoms with Crippen LogP contribution in [-0.4, -0.2) is 37.2 Å². The Labute approximate surface area is 175 Å². The molecular formula is C25H23NO4. The molecule has 2 N–H and O–H groups in total. The van der Waals surface area contributed by atoms with Crippen molar-refractivity contribution in [3.63, 3.8) is 0 Å². The lowest BCUT2D eigenvalue weighted by Crippen LogP contribution is -2.51. The zero-order valence-corrected chi connectivity index (χ0v) is 16.7. The number of carbonyl (C=O) groups excluding carboxylic acids is 1. The fourth-order valence-electron chi connectivity index (χ4n) is 4.29. The van der Waals surface area contributed by atoms with Crippen molar-refractivity contribution in [1.82, 2.24) is 5.32 Å². The van der Waals surface area contributed by atoms with E-state index in [0.717, 1.165) is 22.3 Å². The molecule has 3 aromatic carbocycles. The molecule has 0 heterocycles. The molecule has 0 aromatic heterocycles. The molecule has 0 aliphatic heterocycles. The number of rotatable bonds is 7. The van der Waals surface area contributed by atoms with Crippen LogP contribution >= 0.6 is 0 Å². The average molecular weight is 401 g/mol. The number of carboxylic acid groups (broad SMARTS) is 1. The molecule has 1 aliphatic carbocycles. The van der Waals surface area contributed by atoms with Crippen LogP contribution < -0.4 is 5.32 Å². The Hall–Kier alpha value is -3.44. The maximum atomic E-state index is 13.2. The summed E-state index contributed by atoms with van der Waals surface area (Å²) < 4.78 is 5.71. The van der Waals surface area contributed by atoms with Crippen LogP contribution in [0.15, 0.2) is 78.9 Å². The molecule has 0 bridgehead atoms. The standard InChI is InChI=1S/C25H23NO4/c1-26-16-25(23(27)28,17-9-3-2-4-10-17)24(29)30-15-22-20-13-7-5-11-18(20)19-12-6-8-14-21(19)22/h2-14,22,26H,15-16H2,1H3,(H,27,28)/t25-/m0/s1. The summed E-state index contributed by atoms with van der Waals surface area (Å²) in [7, 11) is 1.62. The number of nitrogens with one attached hydrogen (secondary N) is 1. The first kappa shape index (κ1) is 19.9. The molecule has 0 unspecified atom stereocenters. The number of ether oxygens (including phenoxy) is 1. The highest BCUT2D eigenvalue weighted by Crippen LogP contribution is 2.44. The third-order valence-corrected chi connectivity index (χ3v) is 5.77. The monoisotopic (exact) mass is 401 g/mol. The maximum Gasteiger partial charge on any atom is 0.329 e. The van der Waals surface area contributed by atoms with Crippen molar-refractivity contribution < 1.29 is 19.4 Å². The van der Waals surface area contributed by atoms with Gasteiger partial charge in [-0.2, -0.15) is 0 Å². The Kier molecular flexibility index (Phi) is 5.38. The number of esters is 1. The molecule has 5 nitrogen and oxygen atoms in total. The van der Waals surface area contributed by atoms with Crippen molar-refractivity contribution in [2.24, 2.45) is 0 Å². The molecule has 3 aromatic rings. The van der Waals surface area contributed by atoms with Crippen molar-refractivity contribution in [2.45, 2.75) is 11.3 Å². The van der Waals surface area contributed by atoms with Gasteiger partial charge in [-0.15, -0.1) is 0 Å². The van der Waals surface area contributed by atoms with Crippen LogP contribution in [0.1, 0.15) is 22.6 Å². The van der Waals surface area contributed by atoms with E-state index in [1.54, 1.807) is 37.4 Å². The summed E-state index contributed by atoms with van der Waals surface area (Å²) in [6.45, 7) is 0.0153. The van der Waals surface area contributed by atoms with Crippen LogP contribution in [0.3, 0.4) is 0 Å². The van der Waals surface area contributed by atoms with E-state index < -0.39 is 17.4 Å². The second kappa shape index (κ2) is 8.13. The van der Waals surface area contributed by atoms with Crippen LogP contribution in [0, 0.1) is 0 Å². The van der Waals surface area contributed by atoms with E-state index in [1.165, 1.54) is 0 Å². The molecule has 4 rings (SSSR count). The number of hydrogen-bond donors (Lipinski definition) is 2. The minimum Gasteiger partial charge on any atom is -0.480 e. The van der Waals surface area contributed by atoms with Gasteiger partial charge in [-0.3, -0.25) is 9.59 Å². The van der Waals surface area contributed by atoms with Crippen LogP contribution in [0.5, 0.6) is 0 Å². The van der Waals surface area contributed by atoms with Crippen molar-refractivity contribution in [1.29, 1.82) is 0 Å². The fraction of sp³-hybridized carbons (Fsp3) is 0.200. The number of aliphatic carboxylic acids is 1. The summed E-state index contributed by atoms with van der Waals surface area (Å²) in [5.74, 6) is -2.13. The second-order valence-corrected chi connectivity index (χ2v) is 7.43. The van der Waals surface area contributed by atoms with E-state index in [1.807, 2.05) is 36.4 Å². The van der Waals surface area contributed by atoms with Crippen molar-refractivity contribution in [3.8, 4) is 11.1 Å². The first-order valence-electron chi connectivity index (χ1n) is 9.88. The van der Waals surface area contributed by atoms with Gasteiger partial charge in [0.2, 0.25) is 5.41 Å². The van der Waals surface area contributed by atoms with E-state index in [4.69, 9.17) is 4.74 Å². The highest BCUT2D eigenvalue weighted by Gasteiger charge is 2.49. The number of carboxylic acids is 1. The fourth-order valence-corrected chi connectivity index (χ4v) is 4.29. The van der Waals surface area contributed by atoms with E-state index in [2.05, 4.69) is 17.4 Å². The first-order chi connectivity index (χ1) is 14.6. The summed E-state index contributed by atoms with van der Waals surface area (Å²) in [6, 6.07) is 24.6. The van der Waals surface area contributed by atoms with Gasteiger partial charge in [0.25, 0.3) is 0 Å². The molecule has 1 aliphatic rings. The summed E-state index contributed by atoms with van der Waals surface area (Å²) >= 11 is 0. The van der Waals surface area contributed by atoms with Crippen molar-refractivity contribution in [3.05, 3.63) is 95.6 Å². The maximum absolute atomic E-state index is 13.2. The van der Waals surface area contributed by atoms with Gasteiger partial charge in [-0.25, -0.2) is 0 Å². The van der Waals surface area contributed by atoms with Gasteiger partial charge in [0.1, 0.15) is 6.61 Å². The number of carbonyl (C=O) groups is 2. The molecule has 5 heteroatoms. The molecular weight excluding hydrogens is 378 g/mol. The van der Waals surface area contributed by atoms with Gasteiger partial charge >= 0.3 is 11.9 Å². The van der Waals surface area contributed by atoms with Crippen LogP contribution in [0.25, 0.3) is 11.1 Å². The Morgan fingerprint density at radius 1 is 0.900 bits per heavy atom. The molecule has 0 amide bonds. The summed E-state index contributed by atoms with van der Waals surface area (Å²) in [5, 5.41) is 12.9. The Morgan fingerprint density at radius 3 is 1.97 bits per heavy atom. The predicted octanol–water partition coefficient (Wildman–Crippen LogP) is 3.58. The summed E-state index contributed by atoms with van der Waals surface area (Å²) in [4.78, 5) is 25.5. The number of hydrogen-bond acceptors (Lipinski definition) is 4. The lowest BCUT2D eigenvalue weighted by Gasteiger charge is -2.28. The lowest BCUT2D eigenvalue weighted by atomic mass is 9.80. The van der Waals surface area contributed by atoms with E-state index in [0.29, 0.717) is 5.56 Å². The smallest absolute Gasteiger partial charge is 0.329 e. The molecule has 152 valence electrons. The van der Waals surface area contributed by atoms with Crippen LogP contribution in [0.2, 0.25) is 0 Å². The zero-order chi connectivity index (χ0) is 21.1. The van der Waals surface area contributed by atoms with E-state index in [9.17, 15) is 14.7 Å². The van der Waals surface area contributed by atoms with Crippen molar-refractivity contribution >= 4 is 11.9 Å². The zero-order valence-electron chi connectivity index (χ0n) is 16.7. The number of benzene rings is 3. The van der Waals surface area contributed by atoms with E-state index >= 15 is 0 Å². The summed E-state index contributed by atoms with van der Waals surface area (Å²) in [6.07, 6.45) is 0. The normalized spacial score (nSPS) is 14.4. The van der Waals surface area contributed by atoms with Gasteiger partial charge in [0.15, 0.2) is 0 Å². The molecule has 0 saturated carbocycles. The average Bonchev–Trinajstić information content (AvgIpc) is 3.10. The Morgan fingerprint density at radius 2 is 1.43 bits per heavy atom. The highest BCUT2D eigenvalue weighted by atomic mass is 16.5. The molecule has 1 atom stereocenters. The molecule has 30 heavy (non-hydrogen) atoms. The van der Waals surface area contributed by atoms with Crippen molar-refractivity contribution in [2.75, 3.05) is 20.2 Å². The van der Waals surface area contributed by atoms with Gasteiger partial charge < -0.3 is 15.2 Å². The SMILES string of the molecule is CNC[C@](C(=O)O)(C(=O)OCC1c2ccccc2-c2ccccc21)c1ccccc1. The second-order valence-electron chi connectivity index (χ2n) is 7.43. The Balaban J connectivity index is 1.66. The number of likely N-dealkylation sites (N-methyl/N-ethyl adjacent to an activating group) is 1. The first-order valence-corrected chi connectivity index (χ1v) is 9.88. The minimum absolute atomic E-state index is 0.0664. The third-order valence-electron chi connectivity index (χ3n) is 5.77. The largest absolute Gasteiger partial charge is 0.480 e. The number of fused-ring (bicyclic) bond motifs is 3. The highest BCUT2D eigenvalue weighted by molar-refractivity contribution is 6.06. The molecule has 0 saturated heterocycles. The van der Waals surface area contributed by atoms with E-state index in [-0.39, 0.29) is 19.1 Å². The molecule has 0 fully saturated rings. The quantitative estimate of drug-likeness (QED) is 0.468. The lowest BCUT2D eigenvalue weighted by molar-refractivity contribution is -0.161. The van der Waals surface area contributed by atoms with Gasteiger partial charge in [0, 0.05) is 12.5 Å². The van der Waals surface area contributed by atoms with Crippen LogP contribution in [-0.2, 0) is 19.7 Å². The van der Waals surface area contributed by atoms with Gasteiger partial charge in [-0.05, 0) is 34.9 Å². The molecule has 0 radical (unpaired) electrons. The van der Waals surface area contributed by atoms with Gasteiger partial charge in [-0.1, -0.05) is 78.9 Å². The summed E-state index contributed by atoms with van der Waals surface area (Å²) in [5.41, 5.74) is 2.99. The predicted molar refractivity (Wildman–Crippen MR) is 114 cm³/mol. The Bertz CT molecular complexity index is 1030. The van der Waals surface area contributed by atoms with Gasteiger partial charge in [0.05, 0.1) is 0 Å². The third kappa shape index (κ3) is 3.17.